The Morgan fingerprint density at radius 3 is 2.60 bits per heavy atom. The molecule has 1 atom stereocenters. The van der Waals surface area contributed by atoms with Crippen molar-refractivity contribution < 1.29 is 14.7 Å². The summed E-state index contributed by atoms with van der Waals surface area (Å²) in [5.74, 6) is -1.10. The van der Waals surface area contributed by atoms with Gasteiger partial charge >= 0.3 is 5.97 Å². The van der Waals surface area contributed by atoms with Gasteiger partial charge < -0.3 is 10.0 Å². The molecule has 1 unspecified atom stereocenters. The van der Waals surface area contributed by atoms with Gasteiger partial charge in [-0.3, -0.25) is 9.59 Å². The number of anilines is 1. The van der Waals surface area contributed by atoms with Crippen LogP contribution in [-0.2, 0) is 11.2 Å². The van der Waals surface area contributed by atoms with Crippen molar-refractivity contribution in [1.82, 2.24) is 9.78 Å². The number of amides is 1. The summed E-state index contributed by atoms with van der Waals surface area (Å²) in [5, 5.41) is 14.4. The fraction of sp³-hybridized carbons (Fsp3) is 0.261. The summed E-state index contributed by atoms with van der Waals surface area (Å²) in [7, 11) is 0. The Labute approximate surface area is 179 Å². The molecule has 1 aliphatic rings. The SMILES string of the molecule is Cc1ccn(-c2ccc(C(=O)N3CCC(C)(C(=O)O)Cc4ccccc43)c(Cl)c2)n1. The van der Waals surface area contributed by atoms with Gasteiger partial charge in [-0.25, -0.2) is 4.68 Å². The second kappa shape index (κ2) is 7.61. The summed E-state index contributed by atoms with van der Waals surface area (Å²) in [6.07, 6.45) is 2.55. The number of carboxylic acid groups (broad SMARTS) is 1. The van der Waals surface area contributed by atoms with E-state index in [1.165, 1.54) is 0 Å². The molecule has 0 fully saturated rings. The van der Waals surface area contributed by atoms with Gasteiger partial charge in [-0.1, -0.05) is 29.8 Å². The van der Waals surface area contributed by atoms with E-state index < -0.39 is 11.4 Å². The van der Waals surface area contributed by atoms with Gasteiger partial charge in [-0.15, -0.1) is 0 Å². The van der Waals surface area contributed by atoms with Gasteiger partial charge in [0.05, 0.1) is 27.4 Å². The highest BCUT2D eigenvalue weighted by Crippen LogP contribution is 2.37. The Morgan fingerprint density at radius 2 is 1.93 bits per heavy atom. The minimum absolute atomic E-state index is 0.245. The van der Waals surface area contributed by atoms with Gasteiger partial charge in [0.25, 0.3) is 5.91 Å². The van der Waals surface area contributed by atoms with Gasteiger partial charge in [0.1, 0.15) is 0 Å². The Bertz CT molecular complexity index is 1140. The molecule has 2 heterocycles. The van der Waals surface area contributed by atoms with E-state index in [1.54, 1.807) is 34.7 Å². The highest BCUT2D eigenvalue weighted by molar-refractivity contribution is 6.34. The van der Waals surface area contributed by atoms with Crippen LogP contribution in [-0.4, -0.2) is 33.3 Å². The molecule has 0 bridgehead atoms. The van der Waals surface area contributed by atoms with Crippen LogP contribution in [0.1, 0.15) is 35.0 Å². The van der Waals surface area contributed by atoms with Crippen molar-refractivity contribution in [2.24, 2.45) is 5.41 Å². The summed E-state index contributed by atoms with van der Waals surface area (Å²) in [4.78, 5) is 27.0. The number of carbonyl (C=O) groups is 2. The summed E-state index contributed by atoms with van der Waals surface area (Å²) >= 11 is 6.49. The largest absolute Gasteiger partial charge is 0.481 e. The molecule has 1 amide bonds. The fourth-order valence-electron chi connectivity index (χ4n) is 3.83. The number of fused-ring (bicyclic) bond motifs is 1. The van der Waals surface area contributed by atoms with Crippen LogP contribution >= 0.6 is 11.6 Å². The molecule has 3 aromatic rings. The maximum absolute atomic E-state index is 13.4. The van der Waals surface area contributed by atoms with E-state index in [0.29, 0.717) is 30.0 Å². The van der Waals surface area contributed by atoms with E-state index >= 15 is 0 Å². The molecule has 30 heavy (non-hydrogen) atoms. The number of aliphatic carboxylic acids is 1. The fourth-order valence-corrected chi connectivity index (χ4v) is 4.08. The molecule has 1 aliphatic heterocycles. The Balaban J connectivity index is 1.70. The Morgan fingerprint density at radius 1 is 1.17 bits per heavy atom. The number of hydrogen-bond acceptors (Lipinski definition) is 3. The summed E-state index contributed by atoms with van der Waals surface area (Å²) in [6.45, 7) is 3.93. The average Bonchev–Trinajstić information content (AvgIpc) is 3.08. The number of carboxylic acids is 1. The molecule has 0 radical (unpaired) electrons. The normalized spacial score (nSPS) is 18.6. The lowest BCUT2D eigenvalue weighted by Gasteiger charge is -2.24. The van der Waals surface area contributed by atoms with Crippen LogP contribution in [0.3, 0.4) is 0 Å². The first-order valence-corrected chi connectivity index (χ1v) is 10.1. The minimum Gasteiger partial charge on any atom is -0.481 e. The number of aryl methyl sites for hydroxylation is 1. The first-order chi connectivity index (χ1) is 14.3. The molecule has 0 saturated heterocycles. The molecule has 1 aromatic heterocycles. The van der Waals surface area contributed by atoms with Gasteiger partial charge in [0, 0.05) is 18.4 Å². The van der Waals surface area contributed by atoms with E-state index in [1.807, 2.05) is 43.5 Å². The van der Waals surface area contributed by atoms with Crippen molar-refractivity contribution in [2.45, 2.75) is 26.7 Å². The number of rotatable bonds is 3. The Hall–Kier alpha value is -3.12. The monoisotopic (exact) mass is 423 g/mol. The van der Waals surface area contributed by atoms with Crippen molar-refractivity contribution in [2.75, 3.05) is 11.4 Å². The second-order valence-corrected chi connectivity index (χ2v) is 8.35. The minimum atomic E-state index is -0.934. The molecule has 0 aliphatic carbocycles. The van der Waals surface area contributed by atoms with Crippen LogP contribution in [0.25, 0.3) is 5.69 Å². The number of benzene rings is 2. The highest BCUT2D eigenvalue weighted by Gasteiger charge is 2.38. The van der Waals surface area contributed by atoms with Gasteiger partial charge in [-0.05, 0) is 62.6 Å². The van der Waals surface area contributed by atoms with Crippen LogP contribution in [0.15, 0.2) is 54.7 Å². The maximum atomic E-state index is 13.4. The molecule has 6 nitrogen and oxygen atoms in total. The number of halogens is 1. The average molecular weight is 424 g/mol. The lowest BCUT2D eigenvalue weighted by molar-refractivity contribution is -0.148. The zero-order chi connectivity index (χ0) is 21.5. The molecule has 4 rings (SSSR count). The van der Waals surface area contributed by atoms with E-state index in [-0.39, 0.29) is 5.91 Å². The topological polar surface area (TPSA) is 75.4 Å². The van der Waals surface area contributed by atoms with E-state index in [0.717, 1.165) is 22.6 Å². The van der Waals surface area contributed by atoms with E-state index in [2.05, 4.69) is 5.10 Å². The summed E-state index contributed by atoms with van der Waals surface area (Å²) in [5.41, 5.74) is 2.66. The second-order valence-electron chi connectivity index (χ2n) is 7.94. The number of nitrogens with zero attached hydrogens (tertiary/aromatic N) is 3. The smallest absolute Gasteiger partial charge is 0.309 e. The van der Waals surface area contributed by atoms with Crippen LogP contribution in [0.4, 0.5) is 5.69 Å². The standard InChI is InChI=1S/C23H22ClN3O3/c1-15-9-11-27(25-15)17-7-8-18(19(24)13-17)21(28)26-12-10-23(2,22(29)30)14-16-5-3-4-6-20(16)26/h3-9,11,13H,10,12,14H2,1-2H3,(H,29,30). The van der Waals surface area contributed by atoms with E-state index in [9.17, 15) is 14.7 Å². The van der Waals surface area contributed by atoms with Crippen molar-refractivity contribution in [3.63, 3.8) is 0 Å². The molecular formula is C23H22ClN3O3. The maximum Gasteiger partial charge on any atom is 0.309 e. The molecule has 0 spiro atoms. The van der Waals surface area contributed by atoms with Crippen LogP contribution in [0.2, 0.25) is 5.02 Å². The lowest BCUT2D eigenvalue weighted by Crippen LogP contribution is -2.35. The van der Waals surface area contributed by atoms with Gasteiger partial charge in [0.2, 0.25) is 0 Å². The predicted octanol–water partition coefficient (Wildman–Crippen LogP) is 4.52. The van der Waals surface area contributed by atoms with Crippen LogP contribution < -0.4 is 4.90 Å². The quantitative estimate of drug-likeness (QED) is 0.672. The third-order valence-electron chi connectivity index (χ3n) is 5.68. The molecule has 154 valence electrons. The molecule has 7 heteroatoms. The molecular weight excluding hydrogens is 402 g/mol. The van der Waals surface area contributed by atoms with Crippen LogP contribution in [0, 0.1) is 12.3 Å². The molecule has 2 aromatic carbocycles. The molecule has 1 N–H and O–H groups in total. The zero-order valence-electron chi connectivity index (χ0n) is 16.8. The number of carbonyl (C=O) groups excluding carboxylic acids is 1. The number of para-hydroxylation sites is 1. The van der Waals surface area contributed by atoms with Crippen molar-refractivity contribution in [3.05, 3.63) is 76.6 Å². The van der Waals surface area contributed by atoms with Crippen molar-refractivity contribution in [1.29, 1.82) is 0 Å². The third-order valence-corrected chi connectivity index (χ3v) is 5.99. The predicted molar refractivity (Wildman–Crippen MR) is 115 cm³/mol. The number of hydrogen-bond donors (Lipinski definition) is 1. The summed E-state index contributed by atoms with van der Waals surface area (Å²) < 4.78 is 1.70. The van der Waals surface area contributed by atoms with Crippen LogP contribution in [0.5, 0.6) is 0 Å². The molecule has 0 saturated carbocycles. The van der Waals surface area contributed by atoms with Crippen molar-refractivity contribution in [3.8, 4) is 5.69 Å². The Kier molecular flexibility index (Phi) is 5.12. The first kappa shape index (κ1) is 20.2. The van der Waals surface area contributed by atoms with E-state index in [4.69, 9.17) is 11.6 Å². The van der Waals surface area contributed by atoms with Gasteiger partial charge in [0.15, 0.2) is 0 Å². The van der Waals surface area contributed by atoms with Gasteiger partial charge in [-0.2, -0.15) is 5.10 Å². The highest BCUT2D eigenvalue weighted by atomic mass is 35.5. The zero-order valence-corrected chi connectivity index (χ0v) is 17.6. The third kappa shape index (κ3) is 3.59. The summed E-state index contributed by atoms with van der Waals surface area (Å²) in [6, 6.07) is 14.6. The lowest BCUT2D eigenvalue weighted by atomic mass is 9.81. The number of aromatic nitrogens is 2. The first-order valence-electron chi connectivity index (χ1n) is 9.74. The van der Waals surface area contributed by atoms with Crippen molar-refractivity contribution >= 4 is 29.2 Å².